The molecule has 0 saturated carbocycles. The van der Waals surface area contributed by atoms with E-state index >= 15 is 0 Å². The average molecular weight is 234 g/mol. The van der Waals surface area contributed by atoms with Gasteiger partial charge >= 0.3 is 0 Å². The Morgan fingerprint density at radius 1 is 1.00 bits per heavy atom. The van der Waals surface area contributed by atoms with E-state index < -0.39 is 0 Å². The summed E-state index contributed by atoms with van der Waals surface area (Å²) in [4.78, 5) is 8.64. The second-order valence-electron chi connectivity index (χ2n) is 4.78. The quantitative estimate of drug-likeness (QED) is 0.634. The van der Waals surface area contributed by atoms with E-state index in [1.54, 1.807) is 7.05 Å². The van der Waals surface area contributed by atoms with Crippen molar-refractivity contribution < 1.29 is 0 Å². The van der Waals surface area contributed by atoms with Gasteiger partial charge in [-0.25, -0.2) is 0 Å². The van der Waals surface area contributed by atoms with Gasteiger partial charge in [0, 0.05) is 25.2 Å². The van der Waals surface area contributed by atoms with E-state index in [2.05, 4.69) is 50.7 Å². The molecule has 0 spiro atoms. The number of aliphatic imine (C=N–C) groups is 2. The lowest BCUT2D eigenvalue weighted by molar-refractivity contribution is 0.791. The largest absolute Gasteiger partial charge is 0.296 e. The van der Waals surface area contributed by atoms with Crippen molar-refractivity contribution >= 4 is 12.4 Å². The van der Waals surface area contributed by atoms with Crippen molar-refractivity contribution in [3.05, 3.63) is 22.9 Å². The molecule has 17 heavy (non-hydrogen) atoms. The van der Waals surface area contributed by atoms with Crippen molar-refractivity contribution in [1.29, 1.82) is 0 Å². The molecule has 0 unspecified atom stereocenters. The fraction of sp³-hybridized carbons (Fsp3) is 0.600. The van der Waals surface area contributed by atoms with Crippen molar-refractivity contribution in [2.24, 2.45) is 21.8 Å². The minimum Gasteiger partial charge on any atom is -0.296 e. The van der Waals surface area contributed by atoms with Crippen LogP contribution in [0.5, 0.6) is 0 Å². The Labute approximate surface area is 106 Å². The minimum absolute atomic E-state index is 0.448. The first kappa shape index (κ1) is 15.8. The minimum atomic E-state index is 0.448. The first-order valence-electron chi connectivity index (χ1n) is 6.27. The molecule has 0 aromatic heterocycles. The third-order valence-corrected chi connectivity index (χ3v) is 2.72. The van der Waals surface area contributed by atoms with E-state index in [1.807, 2.05) is 19.4 Å². The van der Waals surface area contributed by atoms with Gasteiger partial charge in [0.2, 0.25) is 0 Å². The maximum atomic E-state index is 4.55. The topological polar surface area (TPSA) is 24.7 Å². The molecule has 0 aromatic rings. The summed E-state index contributed by atoms with van der Waals surface area (Å²) >= 11 is 0. The van der Waals surface area contributed by atoms with Gasteiger partial charge in [-0.2, -0.15) is 0 Å². The molecule has 0 N–H and O–H groups in total. The second kappa shape index (κ2) is 7.99. The molecular weight excluding hydrogens is 208 g/mol. The smallest absolute Gasteiger partial charge is 0.0422 e. The molecule has 0 aliphatic carbocycles. The SMILES string of the molecule is C\C=C(/C=N\C(C)=C(\C=NC)C(C)C)C(C)C. The normalized spacial score (nSPS) is 15.5. The van der Waals surface area contributed by atoms with Crippen molar-refractivity contribution in [1.82, 2.24) is 0 Å². The average Bonchev–Trinajstić information content (AvgIpc) is 2.25. The third-order valence-electron chi connectivity index (χ3n) is 2.72. The lowest BCUT2D eigenvalue weighted by Gasteiger charge is -2.09. The van der Waals surface area contributed by atoms with Crippen LogP contribution >= 0.6 is 0 Å². The summed E-state index contributed by atoms with van der Waals surface area (Å²) in [6, 6.07) is 0. The molecule has 96 valence electrons. The molecule has 0 fully saturated rings. The van der Waals surface area contributed by atoms with Crippen molar-refractivity contribution in [2.75, 3.05) is 7.05 Å². The summed E-state index contributed by atoms with van der Waals surface area (Å²) in [5.41, 5.74) is 3.51. The van der Waals surface area contributed by atoms with Gasteiger partial charge in [-0.05, 0) is 36.8 Å². The van der Waals surface area contributed by atoms with Gasteiger partial charge in [-0.15, -0.1) is 0 Å². The van der Waals surface area contributed by atoms with E-state index in [0.29, 0.717) is 11.8 Å². The summed E-state index contributed by atoms with van der Waals surface area (Å²) in [5, 5.41) is 0. The zero-order valence-electron chi connectivity index (χ0n) is 12.3. The summed E-state index contributed by atoms with van der Waals surface area (Å²) < 4.78 is 0. The van der Waals surface area contributed by atoms with Crippen molar-refractivity contribution in [3.63, 3.8) is 0 Å². The van der Waals surface area contributed by atoms with Gasteiger partial charge in [0.15, 0.2) is 0 Å². The Bertz CT molecular complexity index is 342. The van der Waals surface area contributed by atoms with E-state index in [0.717, 1.165) is 5.70 Å². The number of rotatable bonds is 5. The van der Waals surface area contributed by atoms with Crippen LogP contribution in [0.4, 0.5) is 0 Å². The molecule has 0 bridgehead atoms. The molecule has 0 rings (SSSR count). The highest BCUT2D eigenvalue weighted by atomic mass is 14.7. The zero-order chi connectivity index (χ0) is 13.4. The zero-order valence-corrected chi connectivity index (χ0v) is 12.3. The lowest BCUT2D eigenvalue weighted by atomic mass is 10.0. The van der Waals surface area contributed by atoms with Crippen LogP contribution in [-0.2, 0) is 0 Å². The molecule has 0 aliphatic rings. The van der Waals surface area contributed by atoms with Gasteiger partial charge in [0.05, 0.1) is 0 Å². The molecule has 0 saturated heterocycles. The van der Waals surface area contributed by atoms with Crippen LogP contribution < -0.4 is 0 Å². The molecule has 2 heteroatoms. The number of allylic oxidation sites excluding steroid dienone is 4. The monoisotopic (exact) mass is 234 g/mol. The summed E-state index contributed by atoms with van der Waals surface area (Å²) in [7, 11) is 1.80. The highest BCUT2D eigenvalue weighted by molar-refractivity contribution is 5.83. The standard InChI is InChI=1S/C15H26N2/c1-8-14(11(2)3)9-17-13(6)15(10-16-7)12(4)5/h8-12H,1-7H3/b14-8+,15-13-,16-10?,17-9-. The summed E-state index contributed by atoms with van der Waals surface area (Å²) in [5.74, 6) is 0.961. The van der Waals surface area contributed by atoms with Crippen LogP contribution in [0.2, 0.25) is 0 Å². The Kier molecular flexibility index (Phi) is 7.44. The predicted molar refractivity (Wildman–Crippen MR) is 79.0 cm³/mol. The van der Waals surface area contributed by atoms with Crippen LogP contribution in [-0.4, -0.2) is 19.5 Å². The Morgan fingerprint density at radius 3 is 1.94 bits per heavy atom. The van der Waals surface area contributed by atoms with Crippen molar-refractivity contribution in [2.45, 2.75) is 41.5 Å². The number of hydrogen-bond donors (Lipinski definition) is 0. The molecule has 0 amide bonds. The van der Waals surface area contributed by atoms with Crippen molar-refractivity contribution in [3.8, 4) is 0 Å². The maximum Gasteiger partial charge on any atom is 0.0422 e. The fourth-order valence-corrected chi connectivity index (χ4v) is 1.60. The molecule has 0 radical (unpaired) electrons. The maximum absolute atomic E-state index is 4.55. The number of nitrogens with zero attached hydrogens (tertiary/aromatic N) is 2. The van der Waals surface area contributed by atoms with Gasteiger partial charge in [-0.3, -0.25) is 9.98 Å². The van der Waals surface area contributed by atoms with Crippen LogP contribution in [0, 0.1) is 11.8 Å². The number of hydrogen-bond acceptors (Lipinski definition) is 2. The van der Waals surface area contributed by atoms with Crippen LogP contribution in [0.3, 0.4) is 0 Å². The first-order valence-corrected chi connectivity index (χ1v) is 6.27. The molecule has 2 nitrogen and oxygen atoms in total. The highest BCUT2D eigenvalue weighted by Crippen LogP contribution is 2.15. The van der Waals surface area contributed by atoms with E-state index in [4.69, 9.17) is 0 Å². The molecular formula is C15H26N2. The Morgan fingerprint density at radius 2 is 1.59 bits per heavy atom. The van der Waals surface area contributed by atoms with Crippen LogP contribution in [0.15, 0.2) is 32.9 Å². The second-order valence-corrected chi connectivity index (χ2v) is 4.78. The van der Waals surface area contributed by atoms with Gasteiger partial charge in [-0.1, -0.05) is 33.8 Å². The Balaban J connectivity index is 5.09. The summed E-state index contributed by atoms with van der Waals surface area (Å²) in [6.45, 7) is 12.8. The molecule has 0 heterocycles. The first-order chi connectivity index (χ1) is 7.93. The van der Waals surface area contributed by atoms with Crippen LogP contribution in [0.1, 0.15) is 41.5 Å². The fourth-order valence-electron chi connectivity index (χ4n) is 1.60. The van der Waals surface area contributed by atoms with E-state index in [-0.39, 0.29) is 0 Å². The van der Waals surface area contributed by atoms with Crippen LogP contribution in [0.25, 0.3) is 0 Å². The third kappa shape index (κ3) is 5.62. The summed E-state index contributed by atoms with van der Waals surface area (Å²) in [6.07, 6.45) is 5.98. The molecule has 0 atom stereocenters. The lowest BCUT2D eigenvalue weighted by Crippen LogP contribution is -2.00. The predicted octanol–water partition coefficient (Wildman–Crippen LogP) is 4.29. The van der Waals surface area contributed by atoms with Gasteiger partial charge in [0.25, 0.3) is 0 Å². The molecule has 0 aliphatic heterocycles. The molecule has 0 aromatic carbocycles. The van der Waals surface area contributed by atoms with Gasteiger partial charge in [0.1, 0.15) is 0 Å². The van der Waals surface area contributed by atoms with E-state index in [1.165, 1.54) is 11.1 Å². The Hall–Kier alpha value is -1.18. The van der Waals surface area contributed by atoms with E-state index in [9.17, 15) is 0 Å². The highest BCUT2D eigenvalue weighted by Gasteiger charge is 2.04. The van der Waals surface area contributed by atoms with Gasteiger partial charge < -0.3 is 0 Å².